The minimum atomic E-state index is -0.389. The van der Waals surface area contributed by atoms with E-state index in [1.807, 2.05) is 0 Å². The van der Waals surface area contributed by atoms with E-state index >= 15 is 0 Å². The molecule has 0 bridgehead atoms. The quantitative estimate of drug-likeness (QED) is 0.285. The molecular formula is C10H11BrN4O2. The summed E-state index contributed by atoms with van der Waals surface area (Å²) in [6.45, 7) is 1.33. The molecule has 0 fully saturated rings. The summed E-state index contributed by atoms with van der Waals surface area (Å²) in [6, 6.07) is 5.02. The average molecular weight is 299 g/mol. The molecule has 0 heterocycles. The first kappa shape index (κ1) is 13.2. The molecule has 0 unspecified atom stereocenters. The van der Waals surface area contributed by atoms with E-state index in [1.54, 1.807) is 18.2 Å². The molecule has 0 spiro atoms. The number of ether oxygens (including phenoxy) is 1. The van der Waals surface area contributed by atoms with E-state index < -0.39 is 0 Å². The van der Waals surface area contributed by atoms with Crippen LogP contribution in [0.5, 0.6) is 5.75 Å². The molecule has 1 aromatic rings. The van der Waals surface area contributed by atoms with Crippen LogP contribution in [-0.2, 0) is 4.79 Å². The molecule has 6 nitrogen and oxygen atoms in total. The highest BCUT2D eigenvalue weighted by Crippen LogP contribution is 2.21. The van der Waals surface area contributed by atoms with E-state index in [0.717, 1.165) is 4.47 Å². The lowest BCUT2D eigenvalue weighted by atomic mass is 10.2. The van der Waals surface area contributed by atoms with Gasteiger partial charge in [0, 0.05) is 17.0 Å². The summed E-state index contributed by atoms with van der Waals surface area (Å²) in [5, 5.41) is 7.13. The Morgan fingerprint density at radius 1 is 1.47 bits per heavy atom. The highest BCUT2D eigenvalue weighted by atomic mass is 79.9. The first-order valence-electron chi connectivity index (χ1n) is 4.59. The number of hydrogen-bond acceptors (Lipinski definition) is 4. The molecule has 1 aromatic carbocycles. The summed E-state index contributed by atoms with van der Waals surface area (Å²) >= 11 is 3.32. The Hall–Kier alpha value is -1.89. The number of nitrogens with two attached hydrogens (primary N) is 2. The van der Waals surface area contributed by atoms with Crippen LogP contribution in [0.2, 0.25) is 0 Å². The number of hydrogen-bond donors (Lipinski definition) is 2. The van der Waals surface area contributed by atoms with Crippen LogP contribution in [0, 0.1) is 0 Å². The van der Waals surface area contributed by atoms with Gasteiger partial charge in [0.1, 0.15) is 5.75 Å². The summed E-state index contributed by atoms with van der Waals surface area (Å²) in [5.74, 6) is -0.0974. The molecule has 0 radical (unpaired) electrons. The van der Waals surface area contributed by atoms with Gasteiger partial charge >= 0.3 is 5.97 Å². The van der Waals surface area contributed by atoms with Crippen LogP contribution >= 0.6 is 15.9 Å². The second-order valence-electron chi connectivity index (χ2n) is 3.05. The van der Waals surface area contributed by atoms with Gasteiger partial charge in [0.2, 0.25) is 5.96 Å². The van der Waals surface area contributed by atoms with Crippen molar-refractivity contribution in [3.05, 3.63) is 28.2 Å². The zero-order valence-corrected chi connectivity index (χ0v) is 10.6. The van der Waals surface area contributed by atoms with Crippen molar-refractivity contribution in [2.75, 3.05) is 0 Å². The Labute approximate surface area is 106 Å². The highest BCUT2D eigenvalue weighted by molar-refractivity contribution is 9.10. The molecule has 90 valence electrons. The van der Waals surface area contributed by atoms with Gasteiger partial charge in [-0.2, -0.15) is 5.10 Å². The molecule has 4 N–H and O–H groups in total. The van der Waals surface area contributed by atoms with E-state index in [0.29, 0.717) is 11.3 Å². The molecule has 1 rings (SSSR count). The molecular weight excluding hydrogens is 288 g/mol. The molecule has 0 saturated carbocycles. The smallest absolute Gasteiger partial charge is 0.308 e. The number of benzene rings is 1. The van der Waals surface area contributed by atoms with Gasteiger partial charge in [-0.1, -0.05) is 15.9 Å². The number of nitrogens with zero attached hydrogens (tertiary/aromatic N) is 2. The molecule has 0 amide bonds. The Morgan fingerprint density at radius 3 is 2.76 bits per heavy atom. The van der Waals surface area contributed by atoms with Crippen molar-refractivity contribution in [2.24, 2.45) is 21.7 Å². The molecule has 0 aliphatic carbocycles. The van der Waals surface area contributed by atoms with Crippen LogP contribution in [-0.4, -0.2) is 18.1 Å². The number of carbonyl (C=O) groups is 1. The minimum absolute atomic E-state index is 0.131. The van der Waals surface area contributed by atoms with Crippen molar-refractivity contribution >= 4 is 34.1 Å². The van der Waals surface area contributed by atoms with E-state index in [-0.39, 0.29) is 11.9 Å². The van der Waals surface area contributed by atoms with Crippen molar-refractivity contribution in [3.63, 3.8) is 0 Å². The topological polar surface area (TPSA) is 103 Å². The Balaban J connectivity index is 2.94. The van der Waals surface area contributed by atoms with Crippen LogP contribution in [0.4, 0.5) is 0 Å². The zero-order valence-electron chi connectivity index (χ0n) is 9.05. The third kappa shape index (κ3) is 4.64. The largest absolute Gasteiger partial charge is 0.427 e. The van der Waals surface area contributed by atoms with E-state index in [4.69, 9.17) is 16.2 Å². The summed E-state index contributed by atoms with van der Waals surface area (Å²) in [6.07, 6.45) is 1.44. The molecule has 17 heavy (non-hydrogen) atoms. The molecule has 0 atom stereocenters. The predicted molar refractivity (Wildman–Crippen MR) is 68.9 cm³/mol. The van der Waals surface area contributed by atoms with Crippen molar-refractivity contribution in [2.45, 2.75) is 6.92 Å². The van der Waals surface area contributed by atoms with Crippen molar-refractivity contribution in [1.29, 1.82) is 0 Å². The van der Waals surface area contributed by atoms with Crippen molar-refractivity contribution in [1.82, 2.24) is 0 Å². The third-order valence-electron chi connectivity index (χ3n) is 1.60. The van der Waals surface area contributed by atoms with Crippen LogP contribution < -0.4 is 16.2 Å². The van der Waals surface area contributed by atoms with Gasteiger partial charge < -0.3 is 16.2 Å². The lowest BCUT2D eigenvalue weighted by Crippen LogP contribution is -2.21. The molecule has 0 saturated heterocycles. The Bertz CT molecular complexity index is 481. The fourth-order valence-corrected chi connectivity index (χ4v) is 1.36. The average Bonchev–Trinajstić information content (AvgIpc) is 2.21. The maximum atomic E-state index is 10.8. The molecule has 0 aliphatic rings. The maximum absolute atomic E-state index is 10.8. The zero-order chi connectivity index (χ0) is 12.8. The SMILES string of the molecule is CC(=O)Oc1ccc(Br)c(C=NN=C(N)N)c1. The van der Waals surface area contributed by atoms with Crippen LogP contribution in [0.1, 0.15) is 12.5 Å². The number of guanidine groups is 1. The van der Waals surface area contributed by atoms with Gasteiger partial charge in [-0.05, 0) is 18.2 Å². The third-order valence-corrected chi connectivity index (χ3v) is 2.32. The van der Waals surface area contributed by atoms with Gasteiger partial charge in [0.05, 0.1) is 6.21 Å². The van der Waals surface area contributed by atoms with E-state index in [1.165, 1.54) is 13.1 Å². The van der Waals surface area contributed by atoms with Crippen LogP contribution in [0.15, 0.2) is 32.9 Å². The van der Waals surface area contributed by atoms with Gasteiger partial charge in [0.15, 0.2) is 0 Å². The van der Waals surface area contributed by atoms with Gasteiger partial charge in [-0.15, -0.1) is 5.10 Å². The van der Waals surface area contributed by atoms with Gasteiger partial charge in [0.25, 0.3) is 0 Å². The number of rotatable bonds is 3. The standard InChI is InChI=1S/C10H11BrN4O2/c1-6(16)17-8-2-3-9(11)7(4-8)5-14-15-10(12)13/h2-5H,1H3,(H4,12,13,15). The predicted octanol–water partition coefficient (Wildman–Crippen LogP) is 0.982. The summed E-state index contributed by atoms with van der Waals surface area (Å²) < 4.78 is 5.71. The minimum Gasteiger partial charge on any atom is -0.427 e. The first-order valence-corrected chi connectivity index (χ1v) is 5.38. The van der Waals surface area contributed by atoms with Crippen LogP contribution in [0.25, 0.3) is 0 Å². The fraction of sp³-hybridized carbons (Fsp3) is 0.100. The van der Waals surface area contributed by atoms with Crippen molar-refractivity contribution < 1.29 is 9.53 Å². The van der Waals surface area contributed by atoms with Crippen molar-refractivity contribution in [3.8, 4) is 5.75 Å². The number of carbonyl (C=O) groups excluding carboxylic acids is 1. The normalized spacial score (nSPS) is 10.2. The van der Waals surface area contributed by atoms with Gasteiger partial charge in [-0.3, -0.25) is 4.79 Å². The Morgan fingerprint density at radius 2 is 2.18 bits per heavy atom. The number of halogens is 1. The molecule has 0 aromatic heterocycles. The second kappa shape index (κ2) is 6.00. The first-order chi connectivity index (χ1) is 7.99. The number of esters is 1. The van der Waals surface area contributed by atoms with E-state index in [9.17, 15) is 4.79 Å². The lowest BCUT2D eigenvalue weighted by molar-refractivity contribution is -0.131. The maximum Gasteiger partial charge on any atom is 0.308 e. The monoisotopic (exact) mass is 298 g/mol. The molecule has 0 aliphatic heterocycles. The van der Waals surface area contributed by atoms with E-state index in [2.05, 4.69) is 26.1 Å². The Kier molecular flexibility index (Phi) is 4.65. The second-order valence-corrected chi connectivity index (χ2v) is 3.90. The van der Waals surface area contributed by atoms with Crippen LogP contribution in [0.3, 0.4) is 0 Å². The summed E-state index contributed by atoms with van der Waals surface area (Å²) in [5.41, 5.74) is 10.9. The lowest BCUT2D eigenvalue weighted by Gasteiger charge is -2.03. The fourth-order valence-electron chi connectivity index (χ4n) is 1.01. The summed E-state index contributed by atoms with van der Waals surface area (Å²) in [4.78, 5) is 10.8. The summed E-state index contributed by atoms with van der Waals surface area (Å²) in [7, 11) is 0. The van der Waals surface area contributed by atoms with Gasteiger partial charge in [-0.25, -0.2) is 0 Å². The molecule has 7 heteroatoms. The highest BCUT2D eigenvalue weighted by Gasteiger charge is 2.02.